The summed E-state index contributed by atoms with van der Waals surface area (Å²) < 4.78 is 25.3. The third kappa shape index (κ3) is 5.07. The monoisotopic (exact) mass is 497 g/mol. The molecular weight excluding hydrogens is 459 g/mol. The molecule has 1 fully saturated rings. The maximum Gasteiger partial charge on any atom is 0.434 e. The lowest BCUT2D eigenvalue weighted by Crippen LogP contribution is -2.39. The van der Waals surface area contributed by atoms with Gasteiger partial charge in [0, 0.05) is 12.8 Å². The van der Waals surface area contributed by atoms with E-state index in [-0.39, 0.29) is 16.8 Å². The van der Waals surface area contributed by atoms with Crippen molar-refractivity contribution in [1.82, 2.24) is 0 Å². The molecule has 1 atom stereocenters. The summed E-state index contributed by atoms with van der Waals surface area (Å²) in [6.45, 7) is 12.1. The van der Waals surface area contributed by atoms with Gasteiger partial charge in [-0.05, 0) is 73.4 Å². The molecule has 0 amide bonds. The van der Waals surface area contributed by atoms with Gasteiger partial charge in [0.2, 0.25) is 10.9 Å². The number of ketones is 1. The summed E-state index contributed by atoms with van der Waals surface area (Å²) >= 11 is 0. The number of benzene rings is 2. The fraction of sp³-hybridized carbons (Fsp3) is 0.517. The van der Waals surface area contributed by atoms with E-state index in [0.29, 0.717) is 29.9 Å². The summed E-state index contributed by atoms with van der Waals surface area (Å²) in [5, 5.41) is -1.28. The van der Waals surface area contributed by atoms with E-state index in [2.05, 4.69) is 20.8 Å². The Morgan fingerprint density at radius 2 is 1.31 bits per heavy atom. The lowest BCUT2D eigenvalue weighted by atomic mass is 9.82. The number of carbonyl (C=O) groups excluding carboxylic acids is 2. The maximum absolute atomic E-state index is 14.2. The Hall–Kier alpha value is -2.52. The van der Waals surface area contributed by atoms with Gasteiger partial charge in [-0.15, -0.1) is 0 Å². The summed E-state index contributed by atoms with van der Waals surface area (Å²) in [5.74, 6) is 0.450. The molecule has 2 aromatic rings. The van der Waals surface area contributed by atoms with Crippen molar-refractivity contribution in [3.8, 4) is 11.5 Å². The van der Waals surface area contributed by atoms with Crippen LogP contribution >= 0.6 is 7.80 Å². The number of methoxy groups -OCH3 is 2. The second-order valence-electron chi connectivity index (χ2n) is 10.8. The Kier molecular flexibility index (Phi) is 7.91. The summed E-state index contributed by atoms with van der Waals surface area (Å²) in [6.07, 6.45) is 3.26. The number of aryl methyl sites for hydroxylation is 3. The number of ether oxygens (including phenoxy) is 2. The maximum atomic E-state index is 14.2. The lowest BCUT2D eigenvalue weighted by Gasteiger charge is -2.28. The lowest BCUT2D eigenvalue weighted by molar-refractivity contribution is 0.0897. The molecule has 0 heterocycles. The summed E-state index contributed by atoms with van der Waals surface area (Å²) in [5.41, 5.74) is 3.85. The predicted octanol–water partition coefficient (Wildman–Crippen LogP) is 7.48. The van der Waals surface area contributed by atoms with E-state index >= 15 is 0 Å². The molecule has 0 aliphatic heterocycles. The number of rotatable bonds is 7. The van der Waals surface area contributed by atoms with Gasteiger partial charge in [-0.3, -0.25) is 4.79 Å². The molecule has 35 heavy (non-hydrogen) atoms. The molecule has 2 aromatic carbocycles. The van der Waals surface area contributed by atoms with Crippen molar-refractivity contribution in [3.63, 3.8) is 0 Å². The highest BCUT2D eigenvalue weighted by molar-refractivity contribution is 7.67. The van der Waals surface area contributed by atoms with Gasteiger partial charge < -0.3 is 9.47 Å². The number of Topliss-reactive ketones (excluding diaryl/α,β-unsaturated/α-hetero) is 1. The first-order chi connectivity index (χ1) is 16.4. The van der Waals surface area contributed by atoms with Crippen molar-refractivity contribution in [3.05, 3.63) is 57.6 Å². The predicted molar refractivity (Wildman–Crippen MR) is 141 cm³/mol. The van der Waals surface area contributed by atoms with Crippen LogP contribution in [0, 0.1) is 20.8 Å². The largest absolute Gasteiger partial charge is 0.496 e. The number of hydrogen-bond donors (Lipinski definition) is 0. The zero-order valence-corrected chi connectivity index (χ0v) is 23.2. The van der Waals surface area contributed by atoms with E-state index in [1.54, 1.807) is 12.1 Å². The first-order valence-electron chi connectivity index (χ1n) is 12.3. The number of hydrogen-bond acceptors (Lipinski definition) is 5. The molecule has 0 N–H and O–H groups in total. The minimum Gasteiger partial charge on any atom is -0.496 e. The number of carbonyl (C=O) groups is 2. The molecule has 1 saturated carbocycles. The third-order valence-electron chi connectivity index (χ3n) is 7.17. The molecule has 0 bridgehead atoms. The molecule has 0 aromatic heterocycles. The molecule has 188 valence electrons. The van der Waals surface area contributed by atoms with Crippen LogP contribution in [0.4, 0.5) is 0 Å². The van der Waals surface area contributed by atoms with Crippen LogP contribution in [0.2, 0.25) is 0 Å². The van der Waals surface area contributed by atoms with E-state index < -0.39 is 18.5 Å². The van der Waals surface area contributed by atoms with Crippen molar-refractivity contribution in [2.75, 3.05) is 14.2 Å². The Balaban J connectivity index is 2.14. The molecule has 6 heteroatoms. The Morgan fingerprint density at radius 1 is 0.829 bits per heavy atom. The van der Waals surface area contributed by atoms with Gasteiger partial charge >= 0.3 is 13.3 Å². The highest BCUT2D eigenvalue weighted by Crippen LogP contribution is 2.54. The molecule has 5 nitrogen and oxygen atoms in total. The van der Waals surface area contributed by atoms with Crippen molar-refractivity contribution < 1.29 is 23.6 Å². The molecule has 3 rings (SSSR count). The van der Waals surface area contributed by atoms with Crippen LogP contribution in [0.5, 0.6) is 11.5 Å². The first kappa shape index (κ1) is 27.1. The SMILES string of the molecule is COc1cc(C)cc(OC)c1C(=O)C1([P+](=O)C(=O)c2c(C)cc(C(C)(C)C)cc2C)CCCCC1. The van der Waals surface area contributed by atoms with Gasteiger partial charge in [-0.25, -0.2) is 4.79 Å². The molecule has 0 spiro atoms. The van der Waals surface area contributed by atoms with Crippen molar-refractivity contribution >= 4 is 19.1 Å². The first-order valence-corrected chi connectivity index (χ1v) is 13.5. The van der Waals surface area contributed by atoms with E-state index in [4.69, 9.17) is 9.47 Å². The minimum atomic E-state index is -2.55. The Labute approximate surface area is 210 Å². The molecule has 1 unspecified atom stereocenters. The van der Waals surface area contributed by atoms with Gasteiger partial charge in [-0.2, -0.15) is 0 Å². The quantitative estimate of drug-likeness (QED) is 0.293. The van der Waals surface area contributed by atoms with Crippen LogP contribution < -0.4 is 9.47 Å². The minimum absolute atomic E-state index is 0.0710. The Bertz CT molecular complexity index is 1120. The molecule has 0 saturated heterocycles. The summed E-state index contributed by atoms with van der Waals surface area (Å²) in [4.78, 5) is 28.1. The normalized spacial score (nSPS) is 15.9. The van der Waals surface area contributed by atoms with Crippen LogP contribution in [0.15, 0.2) is 24.3 Å². The second-order valence-corrected chi connectivity index (χ2v) is 12.7. The molecule has 1 aliphatic rings. The van der Waals surface area contributed by atoms with Crippen LogP contribution in [-0.4, -0.2) is 30.7 Å². The van der Waals surface area contributed by atoms with E-state index in [1.807, 2.05) is 32.9 Å². The zero-order valence-electron chi connectivity index (χ0n) is 22.3. The van der Waals surface area contributed by atoms with Gasteiger partial charge in [0.05, 0.1) is 19.8 Å². The van der Waals surface area contributed by atoms with Crippen LogP contribution in [-0.2, 0) is 9.98 Å². The average molecular weight is 498 g/mol. The van der Waals surface area contributed by atoms with E-state index in [9.17, 15) is 14.2 Å². The van der Waals surface area contributed by atoms with Crippen molar-refractivity contribution in [2.24, 2.45) is 0 Å². The fourth-order valence-electron chi connectivity index (χ4n) is 5.19. The molecule has 0 radical (unpaired) electrons. The van der Waals surface area contributed by atoms with Gasteiger partial charge in [0.1, 0.15) is 17.1 Å². The van der Waals surface area contributed by atoms with E-state index in [1.165, 1.54) is 14.2 Å². The van der Waals surface area contributed by atoms with Crippen molar-refractivity contribution in [2.45, 2.75) is 84.2 Å². The van der Waals surface area contributed by atoms with Crippen LogP contribution in [0.1, 0.15) is 95.8 Å². The molecular formula is C29H38O5P+. The topological polar surface area (TPSA) is 69.7 Å². The van der Waals surface area contributed by atoms with Gasteiger partial charge in [0.15, 0.2) is 0 Å². The highest BCUT2D eigenvalue weighted by atomic mass is 31.1. The van der Waals surface area contributed by atoms with E-state index in [0.717, 1.165) is 41.5 Å². The highest BCUT2D eigenvalue weighted by Gasteiger charge is 2.61. The molecule has 1 aliphatic carbocycles. The summed E-state index contributed by atoms with van der Waals surface area (Å²) in [6, 6.07) is 7.57. The zero-order chi connectivity index (χ0) is 26.1. The van der Waals surface area contributed by atoms with Gasteiger partial charge in [-0.1, -0.05) is 43.9 Å². The second kappa shape index (κ2) is 10.2. The van der Waals surface area contributed by atoms with Crippen LogP contribution in [0.25, 0.3) is 0 Å². The standard InChI is InChI=1S/C29H38O5P/c1-18-14-22(33-7)25(23(15-18)34-8)26(30)29(12-10-9-11-13-29)35(32)27(31)24-19(2)16-21(17-20(24)3)28(4,5)6/h14-17H,9-13H2,1-8H3/q+1. The van der Waals surface area contributed by atoms with Crippen LogP contribution in [0.3, 0.4) is 0 Å². The average Bonchev–Trinajstić information content (AvgIpc) is 2.81. The third-order valence-corrected chi connectivity index (χ3v) is 9.19. The fourth-order valence-corrected chi connectivity index (χ4v) is 7.15. The van der Waals surface area contributed by atoms with Crippen molar-refractivity contribution in [1.29, 1.82) is 0 Å². The smallest absolute Gasteiger partial charge is 0.434 e. The van der Waals surface area contributed by atoms with Gasteiger partial charge in [0.25, 0.3) is 0 Å². The summed E-state index contributed by atoms with van der Waals surface area (Å²) in [7, 11) is 0.469. The Morgan fingerprint density at radius 3 is 1.74 bits per heavy atom.